The van der Waals surface area contributed by atoms with Crippen LogP contribution in [0.2, 0.25) is 10.0 Å². The molecular weight excluding hydrogens is 321 g/mol. The number of benzene rings is 1. The first-order valence-corrected chi connectivity index (χ1v) is 7.44. The molecule has 0 saturated heterocycles. The van der Waals surface area contributed by atoms with E-state index >= 15 is 0 Å². The summed E-state index contributed by atoms with van der Waals surface area (Å²) in [5.74, 6) is 8.30. The van der Waals surface area contributed by atoms with Crippen molar-refractivity contribution < 1.29 is 0 Å². The second-order valence-corrected chi connectivity index (χ2v) is 5.73. The molecule has 0 bridgehead atoms. The van der Waals surface area contributed by atoms with Gasteiger partial charge in [-0.05, 0) is 24.1 Å². The Hall–Kier alpha value is -1.66. The fraction of sp³-hybridized carbons (Fsp3) is 0.200. The topological polar surface area (TPSA) is 82.8 Å². The number of nitrogens with two attached hydrogens (primary N) is 2. The van der Waals surface area contributed by atoms with Gasteiger partial charge in [-0.2, -0.15) is 0 Å². The van der Waals surface area contributed by atoms with Crippen molar-refractivity contribution in [1.29, 1.82) is 0 Å². The average Bonchev–Trinajstić information content (AvgIpc) is 3.06. The van der Waals surface area contributed by atoms with Crippen LogP contribution in [-0.4, -0.2) is 14.5 Å². The molecule has 1 aromatic carbocycles. The molecule has 0 atom stereocenters. The molecule has 0 unspecified atom stereocenters. The SMILES string of the molecule is CC(C)c1cc(-n2ccnc2)c2ccc(Cl)c(Cl)c2n1.NN. The Kier molecular flexibility index (Phi) is 5.37. The predicted octanol–water partition coefficient (Wildman–Crippen LogP) is 3.67. The number of rotatable bonds is 2. The lowest BCUT2D eigenvalue weighted by Crippen LogP contribution is -2.02. The van der Waals surface area contributed by atoms with Crippen molar-refractivity contribution >= 4 is 34.1 Å². The molecule has 5 nitrogen and oxygen atoms in total. The van der Waals surface area contributed by atoms with Gasteiger partial charge in [-0.3, -0.25) is 16.7 Å². The second-order valence-electron chi connectivity index (χ2n) is 4.95. The fourth-order valence-electron chi connectivity index (χ4n) is 2.15. The Labute approximate surface area is 138 Å². The maximum atomic E-state index is 6.32. The molecule has 22 heavy (non-hydrogen) atoms. The number of hydrogen-bond donors (Lipinski definition) is 2. The minimum atomic E-state index is 0.303. The number of pyridine rings is 1. The van der Waals surface area contributed by atoms with E-state index in [4.69, 9.17) is 23.2 Å². The van der Waals surface area contributed by atoms with Crippen molar-refractivity contribution in [1.82, 2.24) is 14.5 Å². The molecule has 0 saturated carbocycles. The van der Waals surface area contributed by atoms with E-state index in [1.165, 1.54) is 0 Å². The molecule has 0 aliphatic heterocycles. The summed E-state index contributed by atoms with van der Waals surface area (Å²) in [6.07, 6.45) is 5.42. The molecule has 0 spiro atoms. The normalized spacial score (nSPS) is 10.7. The van der Waals surface area contributed by atoms with Gasteiger partial charge >= 0.3 is 0 Å². The highest BCUT2D eigenvalue weighted by Gasteiger charge is 2.13. The summed E-state index contributed by atoms with van der Waals surface area (Å²) in [6, 6.07) is 5.80. The number of hydrogen-bond acceptors (Lipinski definition) is 4. The summed E-state index contributed by atoms with van der Waals surface area (Å²) in [5.41, 5.74) is 2.72. The van der Waals surface area contributed by atoms with Gasteiger partial charge in [0.25, 0.3) is 0 Å². The van der Waals surface area contributed by atoms with E-state index < -0.39 is 0 Å². The van der Waals surface area contributed by atoms with Crippen molar-refractivity contribution in [3.63, 3.8) is 0 Å². The van der Waals surface area contributed by atoms with Gasteiger partial charge < -0.3 is 4.57 Å². The van der Waals surface area contributed by atoms with Crippen molar-refractivity contribution in [2.24, 2.45) is 11.7 Å². The Morgan fingerprint density at radius 1 is 1.18 bits per heavy atom. The molecule has 0 aliphatic carbocycles. The lowest BCUT2D eigenvalue weighted by molar-refractivity contribution is 0.826. The molecule has 3 rings (SSSR count). The van der Waals surface area contributed by atoms with E-state index in [-0.39, 0.29) is 0 Å². The molecule has 4 N–H and O–H groups in total. The van der Waals surface area contributed by atoms with Gasteiger partial charge in [-0.1, -0.05) is 37.0 Å². The Bertz CT molecular complexity index is 769. The van der Waals surface area contributed by atoms with Gasteiger partial charge in [0, 0.05) is 23.5 Å². The number of aromatic nitrogens is 3. The van der Waals surface area contributed by atoms with Gasteiger partial charge in [0.2, 0.25) is 0 Å². The molecule has 116 valence electrons. The fourth-order valence-corrected chi connectivity index (χ4v) is 2.51. The summed E-state index contributed by atoms with van der Waals surface area (Å²) >= 11 is 12.4. The number of nitrogens with zero attached hydrogens (tertiary/aromatic N) is 3. The summed E-state index contributed by atoms with van der Waals surface area (Å²) in [7, 11) is 0. The molecule has 2 aromatic heterocycles. The Morgan fingerprint density at radius 2 is 1.91 bits per heavy atom. The van der Waals surface area contributed by atoms with Crippen LogP contribution in [0.4, 0.5) is 0 Å². The van der Waals surface area contributed by atoms with Gasteiger partial charge in [-0.25, -0.2) is 4.98 Å². The molecular formula is C15H17Cl2N5. The first-order chi connectivity index (χ1) is 10.6. The minimum absolute atomic E-state index is 0.303. The Morgan fingerprint density at radius 3 is 2.50 bits per heavy atom. The molecule has 0 aliphatic rings. The van der Waals surface area contributed by atoms with Crippen LogP contribution in [0.1, 0.15) is 25.5 Å². The highest BCUT2D eigenvalue weighted by atomic mass is 35.5. The summed E-state index contributed by atoms with van der Waals surface area (Å²) in [5, 5.41) is 1.97. The average molecular weight is 338 g/mol. The molecule has 3 aromatic rings. The van der Waals surface area contributed by atoms with Crippen molar-refractivity contribution in [2.75, 3.05) is 0 Å². The van der Waals surface area contributed by atoms with Crippen LogP contribution in [0.5, 0.6) is 0 Å². The van der Waals surface area contributed by atoms with Crippen molar-refractivity contribution in [3.8, 4) is 5.69 Å². The zero-order valence-electron chi connectivity index (χ0n) is 12.3. The van der Waals surface area contributed by atoms with Crippen LogP contribution in [0.25, 0.3) is 16.6 Å². The third-order valence-electron chi connectivity index (χ3n) is 3.24. The van der Waals surface area contributed by atoms with Crippen LogP contribution in [-0.2, 0) is 0 Å². The lowest BCUT2D eigenvalue weighted by Gasteiger charge is -2.13. The number of halogens is 2. The lowest BCUT2D eigenvalue weighted by atomic mass is 10.1. The van der Waals surface area contributed by atoms with E-state index in [9.17, 15) is 0 Å². The first kappa shape index (κ1) is 16.7. The summed E-state index contributed by atoms with van der Waals surface area (Å²) in [4.78, 5) is 8.76. The van der Waals surface area contributed by atoms with Gasteiger partial charge in [0.05, 0.1) is 27.6 Å². The monoisotopic (exact) mass is 337 g/mol. The largest absolute Gasteiger partial charge is 0.306 e. The smallest absolute Gasteiger partial charge is 0.0991 e. The third kappa shape index (κ3) is 3.08. The molecule has 0 fully saturated rings. The predicted molar refractivity (Wildman–Crippen MR) is 91.3 cm³/mol. The molecule has 7 heteroatoms. The maximum Gasteiger partial charge on any atom is 0.0991 e. The highest BCUT2D eigenvalue weighted by molar-refractivity contribution is 6.45. The van der Waals surface area contributed by atoms with E-state index in [0.29, 0.717) is 16.0 Å². The van der Waals surface area contributed by atoms with Gasteiger partial charge in [0.1, 0.15) is 0 Å². The minimum Gasteiger partial charge on any atom is -0.306 e. The zero-order chi connectivity index (χ0) is 16.3. The van der Waals surface area contributed by atoms with Crippen molar-refractivity contribution in [2.45, 2.75) is 19.8 Å². The summed E-state index contributed by atoms with van der Waals surface area (Å²) < 4.78 is 1.96. The Balaban J connectivity index is 0.000000847. The quantitative estimate of drug-likeness (QED) is 0.552. The number of hydrazine groups is 1. The number of fused-ring (bicyclic) bond motifs is 1. The van der Waals surface area contributed by atoms with Crippen LogP contribution in [0.3, 0.4) is 0 Å². The maximum absolute atomic E-state index is 6.32. The van der Waals surface area contributed by atoms with Gasteiger partial charge in [-0.15, -0.1) is 0 Å². The third-order valence-corrected chi connectivity index (χ3v) is 4.04. The van der Waals surface area contributed by atoms with E-state index in [1.54, 1.807) is 18.6 Å². The second kappa shape index (κ2) is 7.07. The van der Waals surface area contributed by atoms with Crippen LogP contribution < -0.4 is 11.7 Å². The molecule has 2 heterocycles. The summed E-state index contributed by atoms with van der Waals surface area (Å²) in [6.45, 7) is 4.20. The first-order valence-electron chi connectivity index (χ1n) is 6.68. The van der Waals surface area contributed by atoms with E-state index in [0.717, 1.165) is 22.3 Å². The standard InChI is InChI=1S/C15H13Cl2N3.H4N2/c1-9(2)12-7-13(20-6-5-18-8-20)10-3-4-11(16)14(17)15(10)19-12;1-2/h3-9H,1-2H3;1-2H2. The van der Waals surface area contributed by atoms with E-state index in [1.807, 2.05) is 16.8 Å². The molecule has 0 radical (unpaired) electrons. The van der Waals surface area contributed by atoms with Crippen LogP contribution >= 0.6 is 23.2 Å². The van der Waals surface area contributed by atoms with E-state index in [2.05, 4.69) is 41.6 Å². The number of imidazole rings is 1. The van der Waals surface area contributed by atoms with Crippen LogP contribution in [0.15, 0.2) is 36.9 Å². The molecule has 0 amide bonds. The van der Waals surface area contributed by atoms with Gasteiger partial charge in [0.15, 0.2) is 0 Å². The zero-order valence-corrected chi connectivity index (χ0v) is 13.8. The van der Waals surface area contributed by atoms with Crippen LogP contribution in [0, 0.1) is 0 Å². The highest BCUT2D eigenvalue weighted by Crippen LogP contribution is 2.34. The van der Waals surface area contributed by atoms with Crippen molar-refractivity contribution in [3.05, 3.63) is 52.7 Å².